The van der Waals surface area contributed by atoms with Gasteiger partial charge in [-0.2, -0.15) is 0 Å². The van der Waals surface area contributed by atoms with E-state index in [1.165, 1.54) is 0 Å². The second-order valence-electron chi connectivity index (χ2n) is 5.87. The van der Waals surface area contributed by atoms with Gasteiger partial charge in [0.1, 0.15) is 0 Å². The van der Waals surface area contributed by atoms with Crippen LogP contribution in [0.2, 0.25) is 0 Å². The molecule has 5 nitrogen and oxygen atoms in total. The quantitative estimate of drug-likeness (QED) is 0.786. The van der Waals surface area contributed by atoms with Crippen LogP contribution < -0.4 is 5.32 Å². The number of alkyl halides is 2. The van der Waals surface area contributed by atoms with E-state index in [0.717, 1.165) is 19.5 Å². The van der Waals surface area contributed by atoms with Crippen LogP contribution in [-0.4, -0.2) is 80.2 Å². The molecule has 2 aliphatic rings. The summed E-state index contributed by atoms with van der Waals surface area (Å²) in [4.78, 5) is 16.4. The molecule has 2 aliphatic heterocycles. The molecule has 2 atom stereocenters. The lowest BCUT2D eigenvalue weighted by Crippen LogP contribution is -2.57. The van der Waals surface area contributed by atoms with Crippen molar-refractivity contribution in [1.82, 2.24) is 15.1 Å². The molecular weight excluding hydrogens is 351 g/mol. The number of nitrogens with zero attached hydrogens (tertiary/aromatic N) is 2. The molecule has 0 aromatic heterocycles. The van der Waals surface area contributed by atoms with Crippen LogP contribution in [0.4, 0.5) is 8.78 Å². The third-order valence-electron chi connectivity index (χ3n) is 4.38. The predicted octanol–water partition coefficient (Wildman–Crippen LogP) is 1.40. The van der Waals surface area contributed by atoms with Crippen LogP contribution in [0.15, 0.2) is 0 Å². The number of amides is 1. The maximum atomic E-state index is 13.2. The lowest BCUT2D eigenvalue weighted by atomic mass is 10.1. The highest BCUT2D eigenvalue weighted by Crippen LogP contribution is 2.26. The highest BCUT2D eigenvalue weighted by molar-refractivity contribution is 5.85. The van der Waals surface area contributed by atoms with Crippen molar-refractivity contribution in [2.24, 2.45) is 0 Å². The molecule has 0 aliphatic carbocycles. The number of piperazine rings is 1. The minimum absolute atomic E-state index is 0. The lowest BCUT2D eigenvalue weighted by Gasteiger charge is -2.41. The Morgan fingerprint density at radius 1 is 1.35 bits per heavy atom. The van der Waals surface area contributed by atoms with Crippen LogP contribution in [0.25, 0.3) is 0 Å². The molecule has 2 heterocycles. The van der Waals surface area contributed by atoms with Gasteiger partial charge in [0.15, 0.2) is 0 Å². The molecule has 1 N–H and O–H groups in total. The third kappa shape index (κ3) is 5.98. The van der Waals surface area contributed by atoms with E-state index >= 15 is 0 Å². The van der Waals surface area contributed by atoms with Gasteiger partial charge in [-0.3, -0.25) is 15.0 Å². The Morgan fingerprint density at radius 3 is 2.57 bits per heavy atom. The first kappa shape index (κ1) is 22.8. The maximum absolute atomic E-state index is 13.2. The zero-order chi connectivity index (χ0) is 15.5. The van der Waals surface area contributed by atoms with Gasteiger partial charge < -0.3 is 9.64 Å². The van der Waals surface area contributed by atoms with Gasteiger partial charge in [-0.15, -0.1) is 24.8 Å². The molecular formula is C14H27Cl2F2N3O2. The molecule has 2 rings (SSSR count). The second-order valence-corrected chi connectivity index (χ2v) is 5.87. The van der Waals surface area contributed by atoms with Crippen molar-refractivity contribution in [2.75, 3.05) is 46.4 Å². The van der Waals surface area contributed by atoms with Gasteiger partial charge in [-0.25, -0.2) is 8.78 Å². The van der Waals surface area contributed by atoms with E-state index in [-0.39, 0.29) is 43.2 Å². The first-order valence-corrected chi connectivity index (χ1v) is 7.60. The molecule has 0 spiro atoms. The molecule has 1 amide bonds. The smallest absolute Gasteiger partial charge is 0.262 e. The summed E-state index contributed by atoms with van der Waals surface area (Å²) in [6, 6.07) is -0.456. The summed E-state index contributed by atoms with van der Waals surface area (Å²) < 4.78 is 31.5. The second kappa shape index (κ2) is 9.93. The molecule has 0 saturated carbocycles. The molecule has 0 aromatic rings. The number of carbonyl (C=O) groups excluding carboxylic acids is 1. The van der Waals surface area contributed by atoms with Crippen LogP contribution in [0.3, 0.4) is 0 Å². The van der Waals surface area contributed by atoms with Crippen molar-refractivity contribution in [1.29, 1.82) is 0 Å². The molecule has 2 fully saturated rings. The summed E-state index contributed by atoms with van der Waals surface area (Å²) >= 11 is 0. The van der Waals surface area contributed by atoms with E-state index in [1.54, 1.807) is 12.0 Å². The van der Waals surface area contributed by atoms with Crippen LogP contribution in [0.5, 0.6) is 0 Å². The molecule has 23 heavy (non-hydrogen) atoms. The minimum atomic E-state index is -2.76. The predicted molar refractivity (Wildman–Crippen MR) is 90.0 cm³/mol. The van der Waals surface area contributed by atoms with Gasteiger partial charge in [-0.05, 0) is 6.42 Å². The highest BCUT2D eigenvalue weighted by Gasteiger charge is 2.44. The topological polar surface area (TPSA) is 44.8 Å². The van der Waals surface area contributed by atoms with E-state index in [1.807, 2.05) is 0 Å². The molecule has 2 unspecified atom stereocenters. The van der Waals surface area contributed by atoms with Gasteiger partial charge in [0, 0.05) is 45.8 Å². The third-order valence-corrected chi connectivity index (χ3v) is 4.38. The van der Waals surface area contributed by atoms with Crippen molar-refractivity contribution in [3.8, 4) is 0 Å². The summed E-state index contributed by atoms with van der Waals surface area (Å²) in [6.45, 7) is 5.19. The monoisotopic (exact) mass is 377 g/mol. The molecule has 0 aromatic carbocycles. The van der Waals surface area contributed by atoms with Gasteiger partial charge >= 0.3 is 0 Å². The molecule has 0 radical (unpaired) electrons. The van der Waals surface area contributed by atoms with Gasteiger partial charge in [0.05, 0.1) is 19.2 Å². The minimum Gasteiger partial charge on any atom is -0.383 e. The standard InChI is InChI=1S/C14H25F2N3O2.2ClH/c1-3-11-9-19(5-4-18(11)6-7-21-2)13(20)12-8-14(15,16)10-17-12;;/h11-12,17H,3-10H2,1-2H3;2*1H. The van der Waals surface area contributed by atoms with Crippen molar-refractivity contribution in [3.05, 3.63) is 0 Å². The largest absolute Gasteiger partial charge is 0.383 e. The number of nitrogens with one attached hydrogen (secondary N) is 1. The fraction of sp³-hybridized carbons (Fsp3) is 0.929. The SMILES string of the molecule is CCC1CN(C(=O)C2CC(F)(F)CN2)CCN1CCOC.Cl.Cl. The molecule has 2 saturated heterocycles. The van der Waals surface area contributed by atoms with Crippen molar-refractivity contribution in [2.45, 2.75) is 37.8 Å². The van der Waals surface area contributed by atoms with E-state index in [2.05, 4.69) is 17.1 Å². The molecule has 9 heteroatoms. The van der Waals surface area contributed by atoms with Crippen molar-refractivity contribution < 1.29 is 18.3 Å². The zero-order valence-corrected chi connectivity index (χ0v) is 15.2. The Bertz CT molecular complexity index is 378. The normalized spacial score (nSPS) is 27.2. The number of carbonyl (C=O) groups is 1. The number of hydrogen-bond donors (Lipinski definition) is 1. The summed E-state index contributed by atoms with van der Waals surface area (Å²) in [5.41, 5.74) is 0. The number of rotatable bonds is 5. The van der Waals surface area contributed by atoms with E-state index in [9.17, 15) is 13.6 Å². The Morgan fingerprint density at radius 2 is 2.04 bits per heavy atom. The Hall–Kier alpha value is -0.210. The highest BCUT2D eigenvalue weighted by atomic mass is 35.5. The summed E-state index contributed by atoms with van der Waals surface area (Å²) in [5, 5.41) is 2.65. The Kier molecular flexibility index (Phi) is 9.84. The average Bonchev–Trinajstić information content (AvgIpc) is 2.84. The van der Waals surface area contributed by atoms with E-state index in [4.69, 9.17) is 4.74 Å². The zero-order valence-electron chi connectivity index (χ0n) is 13.6. The molecule has 0 bridgehead atoms. The van der Waals surface area contributed by atoms with Crippen LogP contribution in [0.1, 0.15) is 19.8 Å². The average molecular weight is 378 g/mol. The van der Waals surface area contributed by atoms with E-state index < -0.39 is 18.5 Å². The Labute approximate surface area is 148 Å². The van der Waals surface area contributed by atoms with Crippen LogP contribution in [0, 0.1) is 0 Å². The lowest BCUT2D eigenvalue weighted by molar-refractivity contribution is -0.137. The number of methoxy groups -OCH3 is 1. The number of hydrogen-bond acceptors (Lipinski definition) is 4. The summed E-state index contributed by atoms with van der Waals surface area (Å²) in [5.74, 6) is -2.94. The number of halogens is 4. The number of ether oxygens (including phenoxy) is 1. The molecule has 138 valence electrons. The summed E-state index contributed by atoms with van der Waals surface area (Å²) in [6.07, 6.45) is 0.550. The summed E-state index contributed by atoms with van der Waals surface area (Å²) in [7, 11) is 1.67. The maximum Gasteiger partial charge on any atom is 0.262 e. The fourth-order valence-electron chi connectivity index (χ4n) is 3.09. The first-order valence-electron chi connectivity index (χ1n) is 7.60. The van der Waals surface area contributed by atoms with Crippen LogP contribution in [-0.2, 0) is 9.53 Å². The van der Waals surface area contributed by atoms with Crippen molar-refractivity contribution >= 4 is 30.7 Å². The van der Waals surface area contributed by atoms with Crippen molar-refractivity contribution in [3.63, 3.8) is 0 Å². The Balaban J connectivity index is 0.00000242. The van der Waals surface area contributed by atoms with Crippen LogP contribution >= 0.6 is 24.8 Å². The van der Waals surface area contributed by atoms with Gasteiger partial charge in [0.2, 0.25) is 5.91 Å². The van der Waals surface area contributed by atoms with Gasteiger partial charge in [-0.1, -0.05) is 6.92 Å². The fourth-order valence-corrected chi connectivity index (χ4v) is 3.09. The van der Waals surface area contributed by atoms with E-state index in [0.29, 0.717) is 19.7 Å². The first-order chi connectivity index (χ1) is 9.96. The van der Waals surface area contributed by atoms with Gasteiger partial charge in [0.25, 0.3) is 5.92 Å².